The van der Waals surface area contributed by atoms with Gasteiger partial charge in [-0.25, -0.2) is 4.79 Å². The first kappa shape index (κ1) is 10.5. The molecule has 0 aliphatic heterocycles. The number of hydrogen-bond acceptors (Lipinski definition) is 3. The van der Waals surface area contributed by atoms with Gasteiger partial charge in [-0.05, 0) is 13.8 Å². The summed E-state index contributed by atoms with van der Waals surface area (Å²) in [6.07, 6.45) is 1.62. The molecule has 2 amide bonds. The topological polar surface area (TPSA) is 71.8 Å². The predicted molar refractivity (Wildman–Crippen MR) is 51.5 cm³/mol. The molecule has 1 rings (SSSR count). The average Bonchev–Trinajstić information content (AvgIpc) is 2.47. The smallest absolute Gasteiger partial charge is 0.315 e. The fraction of sp³-hybridized carbons (Fsp3) is 0.625. The van der Waals surface area contributed by atoms with Crippen molar-refractivity contribution in [1.82, 2.24) is 25.6 Å². The molecule has 0 aromatic carbocycles. The summed E-state index contributed by atoms with van der Waals surface area (Å²) in [7, 11) is 1.73. The second kappa shape index (κ2) is 4.59. The van der Waals surface area contributed by atoms with Gasteiger partial charge in [0.2, 0.25) is 0 Å². The van der Waals surface area contributed by atoms with Crippen LogP contribution in [-0.4, -0.2) is 27.1 Å². The van der Waals surface area contributed by atoms with Crippen LogP contribution in [0.15, 0.2) is 6.20 Å². The summed E-state index contributed by atoms with van der Waals surface area (Å²) in [5.41, 5.74) is 0.742. The minimum atomic E-state index is -0.189. The summed E-state index contributed by atoms with van der Waals surface area (Å²) in [4.78, 5) is 12.6. The highest BCUT2D eigenvalue weighted by Gasteiger charge is 2.03. The number of carbonyl (C=O) groups excluding carboxylic acids is 1. The molecule has 0 unspecified atom stereocenters. The molecule has 0 fully saturated rings. The van der Waals surface area contributed by atoms with E-state index < -0.39 is 0 Å². The lowest BCUT2D eigenvalue weighted by Crippen LogP contribution is -2.39. The zero-order valence-electron chi connectivity index (χ0n) is 8.61. The Balaban J connectivity index is 2.30. The molecule has 6 heteroatoms. The molecule has 1 heterocycles. The molecule has 2 N–H and O–H groups in total. The maximum atomic E-state index is 11.2. The third-order valence-corrected chi connectivity index (χ3v) is 1.50. The Labute approximate surface area is 82.7 Å². The van der Waals surface area contributed by atoms with Crippen LogP contribution in [0.1, 0.15) is 19.5 Å². The fourth-order valence-corrected chi connectivity index (χ4v) is 0.953. The van der Waals surface area contributed by atoms with Gasteiger partial charge >= 0.3 is 6.03 Å². The highest BCUT2D eigenvalue weighted by Crippen LogP contribution is 1.88. The molecular weight excluding hydrogens is 182 g/mol. The number of nitrogens with one attached hydrogen (secondary N) is 2. The van der Waals surface area contributed by atoms with Crippen LogP contribution >= 0.6 is 0 Å². The normalized spacial score (nSPS) is 10.3. The van der Waals surface area contributed by atoms with E-state index in [1.165, 1.54) is 4.80 Å². The summed E-state index contributed by atoms with van der Waals surface area (Å²) in [5.74, 6) is 0. The van der Waals surface area contributed by atoms with Gasteiger partial charge in [-0.1, -0.05) is 0 Å². The molecule has 14 heavy (non-hydrogen) atoms. The van der Waals surface area contributed by atoms with Gasteiger partial charge in [0, 0.05) is 13.1 Å². The summed E-state index contributed by atoms with van der Waals surface area (Å²) in [6.45, 7) is 4.20. The Morgan fingerprint density at radius 3 is 2.86 bits per heavy atom. The lowest BCUT2D eigenvalue weighted by Gasteiger charge is -2.08. The Hall–Kier alpha value is -1.59. The van der Waals surface area contributed by atoms with Gasteiger partial charge in [0.05, 0.1) is 12.7 Å². The van der Waals surface area contributed by atoms with Crippen molar-refractivity contribution in [2.24, 2.45) is 7.05 Å². The molecule has 0 saturated carbocycles. The monoisotopic (exact) mass is 197 g/mol. The molecule has 0 spiro atoms. The van der Waals surface area contributed by atoms with Crippen LogP contribution in [-0.2, 0) is 13.6 Å². The van der Waals surface area contributed by atoms with Crippen molar-refractivity contribution in [2.75, 3.05) is 0 Å². The molecule has 78 valence electrons. The van der Waals surface area contributed by atoms with Crippen molar-refractivity contribution in [2.45, 2.75) is 26.4 Å². The molecule has 1 aromatic heterocycles. The van der Waals surface area contributed by atoms with Gasteiger partial charge in [0.15, 0.2) is 0 Å². The van der Waals surface area contributed by atoms with E-state index in [1.807, 2.05) is 13.8 Å². The third-order valence-electron chi connectivity index (χ3n) is 1.50. The van der Waals surface area contributed by atoms with E-state index in [-0.39, 0.29) is 12.1 Å². The van der Waals surface area contributed by atoms with Crippen molar-refractivity contribution in [3.8, 4) is 0 Å². The zero-order chi connectivity index (χ0) is 10.6. The Bertz CT molecular complexity index is 306. The number of urea groups is 1. The van der Waals surface area contributed by atoms with Gasteiger partial charge < -0.3 is 10.6 Å². The van der Waals surface area contributed by atoms with Crippen LogP contribution < -0.4 is 10.6 Å². The van der Waals surface area contributed by atoms with Crippen LogP contribution in [0, 0.1) is 0 Å². The number of nitrogens with zero attached hydrogens (tertiary/aromatic N) is 3. The van der Waals surface area contributed by atoms with Crippen LogP contribution in [0.3, 0.4) is 0 Å². The van der Waals surface area contributed by atoms with Crippen LogP contribution in [0.2, 0.25) is 0 Å². The van der Waals surface area contributed by atoms with Crippen molar-refractivity contribution < 1.29 is 4.79 Å². The Morgan fingerprint density at radius 2 is 2.36 bits per heavy atom. The van der Waals surface area contributed by atoms with E-state index in [9.17, 15) is 4.79 Å². The number of rotatable bonds is 3. The molecule has 0 bridgehead atoms. The summed E-state index contributed by atoms with van der Waals surface area (Å²) in [5, 5.41) is 13.3. The maximum Gasteiger partial charge on any atom is 0.315 e. The number of carbonyl (C=O) groups is 1. The van der Waals surface area contributed by atoms with Gasteiger partial charge in [0.1, 0.15) is 5.69 Å². The molecule has 0 aliphatic carbocycles. The summed E-state index contributed by atoms with van der Waals surface area (Å²) in [6, 6.07) is -0.0532. The lowest BCUT2D eigenvalue weighted by atomic mass is 10.4. The van der Waals surface area contributed by atoms with E-state index in [0.717, 1.165) is 5.69 Å². The average molecular weight is 197 g/mol. The highest BCUT2D eigenvalue weighted by atomic mass is 16.2. The second-order valence-electron chi connectivity index (χ2n) is 3.31. The van der Waals surface area contributed by atoms with E-state index >= 15 is 0 Å². The van der Waals surface area contributed by atoms with Gasteiger partial charge in [-0.15, -0.1) is 0 Å². The number of aromatic nitrogens is 3. The van der Waals surface area contributed by atoms with Crippen LogP contribution in [0.25, 0.3) is 0 Å². The van der Waals surface area contributed by atoms with E-state index in [1.54, 1.807) is 13.2 Å². The van der Waals surface area contributed by atoms with E-state index in [4.69, 9.17) is 0 Å². The first-order valence-corrected chi connectivity index (χ1v) is 4.47. The van der Waals surface area contributed by atoms with E-state index in [2.05, 4.69) is 20.8 Å². The van der Waals surface area contributed by atoms with Crippen molar-refractivity contribution in [3.63, 3.8) is 0 Å². The Kier molecular flexibility index (Phi) is 3.44. The highest BCUT2D eigenvalue weighted by molar-refractivity contribution is 5.73. The largest absolute Gasteiger partial charge is 0.336 e. The molecule has 0 aliphatic rings. The van der Waals surface area contributed by atoms with E-state index in [0.29, 0.717) is 6.54 Å². The molecule has 0 atom stereocenters. The number of aryl methyl sites for hydroxylation is 1. The standard InChI is InChI=1S/C8H15N5O/c1-6(2)11-8(14)9-4-7-5-10-13(3)12-7/h5-6H,4H2,1-3H3,(H2,9,11,14). The Morgan fingerprint density at radius 1 is 1.64 bits per heavy atom. The third kappa shape index (κ3) is 3.42. The quantitative estimate of drug-likeness (QED) is 0.717. The number of amides is 2. The first-order valence-electron chi connectivity index (χ1n) is 4.47. The summed E-state index contributed by atoms with van der Waals surface area (Å²) >= 11 is 0. The lowest BCUT2D eigenvalue weighted by molar-refractivity contribution is 0.238. The molecule has 0 radical (unpaired) electrons. The fourth-order valence-electron chi connectivity index (χ4n) is 0.953. The zero-order valence-corrected chi connectivity index (χ0v) is 8.61. The molecule has 1 aromatic rings. The first-order chi connectivity index (χ1) is 6.58. The minimum absolute atomic E-state index is 0.136. The van der Waals surface area contributed by atoms with Crippen LogP contribution in [0.4, 0.5) is 4.79 Å². The van der Waals surface area contributed by atoms with Crippen molar-refractivity contribution >= 4 is 6.03 Å². The second-order valence-corrected chi connectivity index (χ2v) is 3.31. The van der Waals surface area contributed by atoms with Crippen LogP contribution in [0.5, 0.6) is 0 Å². The maximum absolute atomic E-state index is 11.2. The summed E-state index contributed by atoms with van der Waals surface area (Å²) < 4.78 is 0. The van der Waals surface area contributed by atoms with Gasteiger partial charge in [-0.3, -0.25) is 0 Å². The molecule has 0 saturated heterocycles. The van der Waals surface area contributed by atoms with Gasteiger partial charge in [0.25, 0.3) is 0 Å². The predicted octanol–water partition coefficient (Wildman–Crippen LogP) is 0.0227. The number of hydrogen-bond donors (Lipinski definition) is 2. The van der Waals surface area contributed by atoms with Crippen molar-refractivity contribution in [1.29, 1.82) is 0 Å². The minimum Gasteiger partial charge on any atom is -0.336 e. The molecule has 6 nitrogen and oxygen atoms in total. The molecular formula is C8H15N5O. The SMILES string of the molecule is CC(C)NC(=O)NCc1cnn(C)n1. The van der Waals surface area contributed by atoms with Crippen molar-refractivity contribution in [3.05, 3.63) is 11.9 Å². The van der Waals surface area contributed by atoms with Gasteiger partial charge in [-0.2, -0.15) is 15.0 Å².